The van der Waals surface area contributed by atoms with E-state index < -0.39 is 5.97 Å². The molecule has 4 nitrogen and oxygen atoms in total. The number of benzene rings is 1. The van der Waals surface area contributed by atoms with Gasteiger partial charge in [0.25, 0.3) is 0 Å². The molecule has 1 rings (SSSR count). The van der Waals surface area contributed by atoms with Crippen molar-refractivity contribution in [2.24, 2.45) is 0 Å². The van der Waals surface area contributed by atoms with Gasteiger partial charge in [-0.05, 0) is 31.0 Å². The van der Waals surface area contributed by atoms with Crippen LogP contribution in [0.15, 0.2) is 24.3 Å². The van der Waals surface area contributed by atoms with E-state index in [1.165, 1.54) is 5.56 Å². The highest BCUT2D eigenvalue weighted by atomic mass is 32.2. The van der Waals surface area contributed by atoms with Crippen LogP contribution in [0.25, 0.3) is 0 Å². The van der Waals surface area contributed by atoms with Crippen molar-refractivity contribution in [1.82, 2.24) is 0 Å². The van der Waals surface area contributed by atoms with E-state index in [0.717, 1.165) is 23.9 Å². The Kier molecular flexibility index (Phi) is 5.71. The Balaban J connectivity index is 2.49. The standard InChI is InChI=1S/C13H17NO3S/c1-3-10-4-6-11(7-5-10)14-13(17)9(2)18-8-12(15)16/h4-7,9H,3,8H2,1-2H3,(H,14,17)(H,15,16). The van der Waals surface area contributed by atoms with Crippen LogP contribution in [-0.2, 0) is 16.0 Å². The molecular formula is C13H17NO3S. The highest BCUT2D eigenvalue weighted by Gasteiger charge is 2.14. The molecule has 98 valence electrons. The lowest BCUT2D eigenvalue weighted by Crippen LogP contribution is -2.23. The molecule has 0 saturated carbocycles. The summed E-state index contributed by atoms with van der Waals surface area (Å²) in [5, 5.41) is 10.9. The molecule has 1 aromatic rings. The van der Waals surface area contributed by atoms with Crippen LogP contribution in [0.4, 0.5) is 5.69 Å². The fraction of sp³-hybridized carbons (Fsp3) is 0.385. The highest BCUT2D eigenvalue weighted by Crippen LogP contribution is 2.15. The van der Waals surface area contributed by atoms with E-state index >= 15 is 0 Å². The zero-order chi connectivity index (χ0) is 13.5. The summed E-state index contributed by atoms with van der Waals surface area (Å²) in [7, 11) is 0. The first-order valence-corrected chi connectivity index (χ1v) is 6.81. The van der Waals surface area contributed by atoms with Crippen LogP contribution in [0.1, 0.15) is 19.4 Å². The molecule has 0 saturated heterocycles. The van der Waals surface area contributed by atoms with Crippen LogP contribution in [0.3, 0.4) is 0 Å². The molecule has 0 aliphatic rings. The normalized spacial score (nSPS) is 11.9. The predicted octanol–water partition coefficient (Wildman–Crippen LogP) is 2.39. The first-order chi connectivity index (χ1) is 8.52. The third-order valence-corrected chi connectivity index (χ3v) is 3.58. The maximum absolute atomic E-state index is 11.8. The summed E-state index contributed by atoms with van der Waals surface area (Å²) in [6.45, 7) is 3.77. The number of nitrogens with one attached hydrogen (secondary N) is 1. The van der Waals surface area contributed by atoms with Crippen molar-refractivity contribution >= 4 is 29.3 Å². The molecule has 1 unspecified atom stereocenters. The van der Waals surface area contributed by atoms with Gasteiger partial charge in [0.15, 0.2) is 0 Å². The second-order valence-corrected chi connectivity index (χ2v) is 5.22. The number of carboxylic acid groups (broad SMARTS) is 1. The van der Waals surface area contributed by atoms with E-state index in [0.29, 0.717) is 0 Å². The predicted molar refractivity (Wildman–Crippen MR) is 74.0 cm³/mol. The van der Waals surface area contributed by atoms with Crippen LogP contribution in [0.2, 0.25) is 0 Å². The van der Waals surface area contributed by atoms with Crippen molar-refractivity contribution in [2.45, 2.75) is 25.5 Å². The van der Waals surface area contributed by atoms with Crippen molar-refractivity contribution in [2.75, 3.05) is 11.1 Å². The van der Waals surface area contributed by atoms with Gasteiger partial charge in [0.1, 0.15) is 0 Å². The summed E-state index contributed by atoms with van der Waals surface area (Å²) in [6.07, 6.45) is 0.957. The zero-order valence-electron chi connectivity index (χ0n) is 10.5. The summed E-state index contributed by atoms with van der Waals surface area (Å²) in [4.78, 5) is 22.2. The number of hydrogen-bond donors (Lipinski definition) is 2. The van der Waals surface area contributed by atoms with E-state index in [9.17, 15) is 9.59 Å². The lowest BCUT2D eigenvalue weighted by atomic mass is 10.1. The van der Waals surface area contributed by atoms with Gasteiger partial charge in [0, 0.05) is 5.69 Å². The van der Waals surface area contributed by atoms with Gasteiger partial charge in [-0.3, -0.25) is 9.59 Å². The SMILES string of the molecule is CCc1ccc(NC(=O)C(C)SCC(=O)O)cc1. The first kappa shape index (κ1) is 14.6. The Hall–Kier alpha value is -1.49. The minimum absolute atomic E-state index is 0.0661. The number of carbonyl (C=O) groups is 2. The highest BCUT2D eigenvalue weighted by molar-refractivity contribution is 8.01. The molecule has 0 radical (unpaired) electrons. The van der Waals surface area contributed by atoms with Gasteiger partial charge in [0.05, 0.1) is 11.0 Å². The summed E-state index contributed by atoms with van der Waals surface area (Å²) < 4.78 is 0. The van der Waals surface area contributed by atoms with Gasteiger partial charge in [-0.2, -0.15) is 0 Å². The van der Waals surface area contributed by atoms with Crippen molar-refractivity contribution in [1.29, 1.82) is 0 Å². The van der Waals surface area contributed by atoms with E-state index in [4.69, 9.17) is 5.11 Å². The second kappa shape index (κ2) is 7.06. The first-order valence-electron chi connectivity index (χ1n) is 5.76. The molecule has 5 heteroatoms. The van der Waals surface area contributed by atoms with Gasteiger partial charge < -0.3 is 10.4 Å². The molecule has 0 aromatic heterocycles. The lowest BCUT2D eigenvalue weighted by Gasteiger charge is -2.11. The molecule has 0 heterocycles. The molecule has 18 heavy (non-hydrogen) atoms. The fourth-order valence-corrected chi connectivity index (χ4v) is 1.94. The van der Waals surface area contributed by atoms with E-state index in [-0.39, 0.29) is 16.9 Å². The number of carbonyl (C=O) groups excluding carboxylic acids is 1. The number of carboxylic acids is 1. The smallest absolute Gasteiger partial charge is 0.313 e. The number of anilines is 1. The Bertz CT molecular complexity index is 417. The molecule has 0 aliphatic carbocycles. The molecule has 1 atom stereocenters. The number of rotatable bonds is 6. The van der Waals surface area contributed by atoms with Crippen molar-refractivity contribution in [3.63, 3.8) is 0 Å². The second-order valence-electron chi connectivity index (χ2n) is 3.89. The Labute approximate surface area is 111 Å². The largest absolute Gasteiger partial charge is 0.481 e. The molecule has 1 aromatic carbocycles. The lowest BCUT2D eigenvalue weighted by molar-refractivity contribution is -0.133. The van der Waals surface area contributed by atoms with Crippen LogP contribution < -0.4 is 5.32 Å². The van der Waals surface area contributed by atoms with Crippen LogP contribution in [0, 0.1) is 0 Å². The summed E-state index contributed by atoms with van der Waals surface area (Å²) in [5.74, 6) is -1.15. The molecule has 0 spiro atoms. The number of thioether (sulfide) groups is 1. The quantitative estimate of drug-likeness (QED) is 0.830. The van der Waals surface area contributed by atoms with Gasteiger partial charge in [-0.1, -0.05) is 19.1 Å². The minimum Gasteiger partial charge on any atom is -0.481 e. The Morgan fingerprint density at radius 1 is 1.33 bits per heavy atom. The molecule has 0 bridgehead atoms. The van der Waals surface area contributed by atoms with Gasteiger partial charge in [-0.15, -0.1) is 11.8 Å². The molecular weight excluding hydrogens is 250 g/mol. The third kappa shape index (κ3) is 4.79. The van der Waals surface area contributed by atoms with E-state index in [1.54, 1.807) is 6.92 Å². The average molecular weight is 267 g/mol. The third-order valence-electron chi connectivity index (χ3n) is 2.46. The maximum Gasteiger partial charge on any atom is 0.313 e. The number of aliphatic carboxylic acids is 1. The van der Waals surface area contributed by atoms with Crippen LogP contribution >= 0.6 is 11.8 Å². The minimum atomic E-state index is -0.910. The zero-order valence-corrected chi connectivity index (χ0v) is 11.3. The van der Waals surface area contributed by atoms with E-state index in [1.807, 2.05) is 24.3 Å². The molecule has 1 amide bonds. The number of hydrogen-bond acceptors (Lipinski definition) is 3. The molecule has 0 fully saturated rings. The number of aryl methyl sites for hydroxylation is 1. The van der Waals surface area contributed by atoms with Gasteiger partial charge in [0.2, 0.25) is 5.91 Å². The van der Waals surface area contributed by atoms with Crippen molar-refractivity contribution in [3.8, 4) is 0 Å². The number of amides is 1. The fourth-order valence-electron chi connectivity index (χ4n) is 1.34. The van der Waals surface area contributed by atoms with E-state index in [2.05, 4.69) is 12.2 Å². The molecule has 0 aliphatic heterocycles. The topological polar surface area (TPSA) is 66.4 Å². The average Bonchev–Trinajstić information content (AvgIpc) is 2.36. The monoisotopic (exact) mass is 267 g/mol. The van der Waals surface area contributed by atoms with Crippen LogP contribution in [0.5, 0.6) is 0 Å². The molecule has 2 N–H and O–H groups in total. The summed E-state index contributed by atoms with van der Waals surface area (Å²) in [5.41, 5.74) is 1.95. The Morgan fingerprint density at radius 2 is 1.94 bits per heavy atom. The Morgan fingerprint density at radius 3 is 2.44 bits per heavy atom. The van der Waals surface area contributed by atoms with Gasteiger partial charge in [-0.25, -0.2) is 0 Å². The maximum atomic E-state index is 11.8. The summed E-state index contributed by atoms with van der Waals surface area (Å²) >= 11 is 1.11. The van der Waals surface area contributed by atoms with Crippen molar-refractivity contribution < 1.29 is 14.7 Å². The summed E-state index contributed by atoms with van der Waals surface area (Å²) in [6, 6.07) is 7.63. The van der Waals surface area contributed by atoms with Crippen LogP contribution in [-0.4, -0.2) is 28.0 Å². The van der Waals surface area contributed by atoms with Gasteiger partial charge >= 0.3 is 5.97 Å². The van der Waals surface area contributed by atoms with Crippen molar-refractivity contribution in [3.05, 3.63) is 29.8 Å².